The van der Waals surface area contributed by atoms with E-state index >= 15 is 0 Å². The molecule has 0 saturated carbocycles. The highest BCUT2D eigenvalue weighted by Crippen LogP contribution is 2.28. The third-order valence-electron chi connectivity index (χ3n) is 2.95. The minimum atomic E-state index is 0.172. The summed E-state index contributed by atoms with van der Waals surface area (Å²) in [7, 11) is 0. The van der Waals surface area contributed by atoms with Gasteiger partial charge in [0.2, 0.25) is 0 Å². The maximum Gasteiger partial charge on any atom is 0.123 e. The highest BCUT2D eigenvalue weighted by atomic mass is 32.1. The third-order valence-corrected chi connectivity index (χ3v) is 3.86. The second-order valence-electron chi connectivity index (χ2n) is 4.23. The largest absolute Gasteiger partial charge is 0.396 e. The lowest BCUT2D eigenvalue weighted by atomic mass is 10.1. The minimum Gasteiger partial charge on any atom is -0.396 e. The van der Waals surface area contributed by atoms with Crippen molar-refractivity contribution in [1.29, 1.82) is 0 Å². The van der Waals surface area contributed by atoms with E-state index in [0.717, 1.165) is 22.7 Å². The van der Waals surface area contributed by atoms with Gasteiger partial charge in [0.25, 0.3) is 0 Å². The average molecular weight is 247 g/mol. The van der Waals surface area contributed by atoms with Crippen molar-refractivity contribution in [2.24, 2.45) is 0 Å². The van der Waals surface area contributed by atoms with Crippen LogP contribution in [-0.4, -0.2) is 16.7 Å². The van der Waals surface area contributed by atoms with Crippen molar-refractivity contribution in [2.75, 3.05) is 6.61 Å². The van der Waals surface area contributed by atoms with Gasteiger partial charge >= 0.3 is 0 Å². The molecule has 2 rings (SSSR count). The molecule has 2 aromatic rings. The summed E-state index contributed by atoms with van der Waals surface area (Å²) in [5, 5.41) is 12.3. The van der Waals surface area contributed by atoms with Gasteiger partial charge in [-0.2, -0.15) is 0 Å². The number of aliphatic hydroxyl groups is 1. The molecule has 17 heavy (non-hydrogen) atoms. The Kier molecular flexibility index (Phi) is 3.92. The van der Waals surface area contributed by atoms with Gasteiger partial charge in [0.15, 0.2) is 0 Å². The predicted molar refractivity (Wildman–Crippen MR) is 72.4 cm³/mol. The van der Waals surface area contributed by atoms with E-state index in [9.17, 15) is 5.11 Å². The van der Waals surface area contributed by atoms with Crippen molar-refractivity contribution >= 4 is 11.3 Å². The fraction of sp³-hybridized carbons (Fsp3) is 0.357. The van der Waals surface area contributed by atoms with Crippen LogP contribution in [0.3, 0.4) is 0 Å². The maximum atomic E-state index is 9.26. The quantitative estimate of drug-likeness (QED) is 0.895. The molecule has 0 radical (unpaired) electrons. The van der Waals surface area contributed by atoms with Crippen LogP contribution >= 0.6 is 11.3 Å². The van der Waals surface area contributed by atoms with E-state index in [-0.39, 0.29) is 12.5 Å². The minimum absolute atomic E-state index is 0.172. The van der Waals surface area contributed by atoms with E-state index in [1.54, 1.807) is 11.3 Å². The number of thiazole rings is 1. The fourth-order valence-electron chi connectivity index (χ4n) is 1.73. The summed E-state index contributed by atoms with van der Waals surface area (Å²) in [5.41, 5.74) is 3.42. The first kappa shape index (κ1) is 12.3. The molecule has 0 aliphatic carbocycles. The summed E-state index contributed by atoms with van der Waals surface area (Å²) in [6.07, 6.45) is 0.924. The van der Waals surface area contributed by atoms with Gasteiger partial charge in [0.1, 0.15) is 5.01 Å². The van der Waals surface area contributed by atoms with Gasteiger partial charge in [-0.05, 0) is 13.3 Å². The molecule has 0 aliphatic heterocycles. The summed E-state index contributed by atoms with van der Waals surface area (Å²) >= 11 is 1.65. The topological polar surface area (TPSA) is 33.1 Å². The molecule has 0 fully saturated rings. The molecule has 0 saturated heterocycles. The Hall–Kier alpha value is -1.19. The average Bonchev–Trinajstić information content (AvgIpc) is 2.81. The zero-order valence-corrected chi connectivity index (χ0v) is 11.0. The number of hydrogen-bond acceptors (Lipinski definition) is 3. The van der Waals surface area contributed by atoms with Crippen LogP contribution < -0.4 is 0 Å². The fourth-order valence-corrected chi connectivity index (χ4v) is 2.64. The van der Waals surface area contributed by atoms with Gasteiger partial charge in [-0.3, -0.25) is 0 Å². The van der Waals surface area contributed by atoms with Crippen LogP contribution in [0.4, 0.5) is 0 Å². The van der Waals surface area contributed by atoms with Crippen LogP contribution in [0.15, 0.2) is 29.6 Å². The number of aliphatic hydroxyl groups excluding tert-OH is 1. The van der Waals surface area contributed by atoms with E-state index in [2.05, 4.69) is 48.5 Å². The van der Waals surface area contributed by atoms with Crippen molar-refractivity contribution in [2.45, 2.75) is 26.2 Å². The molecule has 1 aromatic heterocycles. The zero-order valence-electron chi connectivity index (χ0n) is 10.2. The molecular formula is C14H17NOS. The molecule has 3 heteroatoms. The lowest BCUT2D eigenvalue weighted by Crippen LogP contribution is -2.02. The number of aromatic nitrogens is 1. The van der Waals surface area contributed by atoms with Crippen molar-refractivity contribution < 1.29 is 5.11 Å². The van der Waals surface area contributed by atoms with E-state index in [0.29, 0.717) is 0 Å². The van der Waals surface area contributed by atoms with Crippen LogP contribution in [-0.2, 0) is 0 Å². The Morgan fingerprint density at radius 3 is 2.59 bits per heavy atom. The Labute approximate surface area is 106 Å². The summed E-state index contributed by atoms with van der Waals surface area (Å²) in [6.45, 7) is 4.33. The van der Waals surface area contributed by atoms with Crippen LogP contribution in [0.25, 0.3) is 10.6 Å². The highest BCUT2D eigenvalue weighted by molar-refractivity contribution is 7.13. The first-order valence-corrected chi connectivity index (χ1v) is 6.76. The third kappa shape index (κ3) is 2.73. The van der Waals surface area contributed by atoms with Crippen LogP contribution in [0, 0.1) is 6.92 Å². The summed E-state index contributed by atoms with van der Waals surface area (Å²) in [5.74, 6) is 0.172. The molecule has 90 valence electrons. The van der Waals surface area contributed by atoms with Gasteiger partial charge < -0.3 is 5.11 Å². The van der Waals surface area contributed by atoms with Gasteiger partial charge in [0, 0.05) is 16.9 Å². The maximum absolute atomic E-state index is 9.26. The SMILES string of the molecule is CCC(CO)c1csc(-c2ccc(C)cc2)n1. The molecule has 2 nitrogen and oxygen atoms in total. The van der Waals surface area contributed by atoms with Crippen LogP contribution in [0.1, 0.15) is 30.5 Å². The molecule has 1 heterocycles. The molecule has 1 aromatic carbocycles. The zero-order chi connectivity index (χ0) is 12.3. The van der Waals surface area contributed by atoms with Crippen molar-refractivity contribution in [1.82, 2.24) is 4.98 Å². The number of nitrogens with zero attached hydrogens (tertiary/aromatic N) is 1. The van der Waals surface area contributed by atoms with Crippen LogP contribution in [0.5, 0.6) is 0 Å². The molecule has 0 aliphatic rings. The second kappa shape index (κ2) is 5.43. The number of aryl methyl sites for hydroxylation is 1. The van der Waals surface area contributed by atoms with E-state index in [1.807, 2.05) is 0 Å². The lowest BCUT2D eigenvalue weighted by Gasteiger charge is -2.06. The van der Waals surface area contributed by atoms with Crippen molar-refractivity contribution in [3.63, 3.8) is 0 Å². The predicted octanol–water partition coefficient (Wildman–Crippen LogP) is 3.60. The highest BCUT2D eigenvalue weighted by Gasteiger charge is 2.12. The Morgan fingerprint density at radius 2 is 2.00 bits per heavy atom. The van der Waals surface area contributed by atoms with Crippen molar-refractivity contribution in [3.05, 3.63) is 40.9 Å². The van der Waals surface area contributed by atoms with Crippen LogP contribution in [0.2, 0.25) is 0 Å². The molecule has 1 atom stereocenters. The second-order valence-corrected chi connectivity index (χ2v) is 5.09. The molecular weight excluding hydrogens is 230 g/mol. The van der Waals surface area contributed by atoms with Gasteiger partial charge in [-0.25, -0.2) is 4.98 Å². The van der Waals surface area contributed by atoms with E-state index < -0.39 is 0 Å². The Bertz CT molecular complexity index is 471. The first-order valence-electron chi connectivity index (χ1n) is 5.88. The summed E-state index contributed by atoms with van der Waals surface area (Å²) in [6, 6.07) is 8.38. The Balaban J connectivity index is 2.26. The molecule has 1 unspecified atom stereocenters. The van der Waals surface area contributed by atoms with Crippen molar-refractivity contribution in [3.8, 4) is 10.6 Å². The number of rotatable bonds is 4. The molecule has 0 bridgehead atoms. The summed E-state index contributed by atoms with van der Waals surface area (Å²) in [4.78, 5) is 4.61. The molecule has 0 spiro atoms. The normalized spacial score (nSPS) is 12.6. The number of hydrogen-bond donors (Lipinski definition) is 1. The standard InChI is InChI=1S/C14H17NOS/c1-3-11(8-16)13-9-17-14(15-13)12-6-4-10(2)5-7-12/h4-7,9,11,16H,3,8H2,1-2H3. The Morgan fingerprint density at radius 1 is 1.29 bits per heavy atom. The van der Waals surface area contributed by atoms with E-state index in [4.69, 9.17) is 0 Å². The molecule has 0 amide bonds. The van der Waals surface area contributed by atoms with Gasteiger partial charge in [-0.1, -0.05) is 36.8 Å². The lowest BCUT2D eigenvalue weighted by molar-refractivity contribution is 0.260. The van der Waals surface area contributed by atoms with Gasteiger partial charge in [0.05, 0.1) is 12.3 Å². The molecule has 1 N–H and O–H groups in total. The van der Waals surface area contributed by atoms with Gasteiger partial charge in [-0.15, -0.1) is 11.3 Å². The number of benzene rings is 1. The smallest absolute Gasteiger partial charge is 0.123 e. The first-order chi connectivity index (χ1) is 8.24. The monoisotopic (exact) mass is 247 g/mol. The van der Waals surface area contributed by atoms with E-state index in [1.165, 1.54) is 5.56 Å². The summed E-state index contributed by atoms with van der Waals surface area (Å²) < 4.78 is 0.